The first kappa shape index (κ1) is 22.1. The lowest BCUT2D eigenvalue weighted by atomic mass is 10.2. The van der Waals surface area contributed by atoms with E-state index in [0.717, 1.165) is 29.0 Å². The van der Waals surface area contributed by atoms with Crippen LogP contribution in [-0.2, 0) is 11.4 Å². The van der Waals surface area contributed by atoms with Crippen LogP contribution < -0.4 is 14.8 Å². The van der Waals surface area contributed by atoms with Crippen molar-refractivity contribution in [3.63, 3.8) is 0 Å². The Morgan fingerprint density at radius 2 is 2.10 bits per heavy atom. The Hall–Kier alpha value is -3.55. The smallest absolute Gasteiger partial charge is 0.249 e. The van der Waals surface area contributed by atoms with Crippen molar-refractivity contribution in [2.75, 3.05) is 12.4 Å². The van der Waals surface area contributed by atoms with E-state index in [-0.39, 0.29) is 11.9 Å². The van der Waals surface area contributed by atoms with Crippen LogP contribution in [0, 0.1) is 13.8 Å². The lowest BCUT2D eigenvalue weighted by Gasteiger charge is -2.13. The minimum absolute atomic E-state index is 0.205. The van der Waals surface area contributed by atoms with Crippen LogP contribution in [0.4, 0.5) is 5.82 Å². The van der Waals surface area contributed by atoms with Gasteiger partial charge in [-0.05, 0) is 51.0 Å². The molecule has 31 heavy (non-hydrogen) atoms. The number of hydrogen-bond acceptors (Lipinski definition) is 6. The van der Waals surface area contributed by atoms with Gasteiger partial charge in [0, 0.05) is 12.1 Å². The molecule has 0 aliphatic rings. The fourth-order valence-electron chi connectivity index (χ4n) is 3.04. The van der Waals surface area contributed by atoms with Gasteiger partial charge < -0.3 is 19.3 Å². The van der Waals surface area contributed by atoms with Crippen LogP contribution in [0.15, 0.2) is 41.1 Å². The molecule has 0 aliphatic heterocycles. The minimum atomic E-state index is -0.234. The molecule has 0 saturated carbocycles. The van der Waals surface area contributed by atoms with Crippen LogP contribution >= 0.6 is 0 Å². The zero-order chi connectivity index (χ0) is 22.4. The van der Waals surface area contributed by atoms with Crippen LogP contribution in [0.2, 0.25) is 0 Å². The number of benzene rings is 1. The summed E-state index contributed by atoms with van der Waals surface area (Å²) in [6, 6.07) is 7.48. The average molecular weight is 425 g/mol. The summed E-state index contributed by atoms with van der Waals surface area (Å²) in [4.78, 5) is 12.4. The second-order valence-electron chi connectivity index (χ2n) is 7.24. The van der Waals surface area contributed by atoms with Crippen LogP contribution in [-0.4, -0.2) is 28.0 Å². The van der Waals surface area contributed by atoms with Crippen molar-refractivity contribution in [3.05, 3.63) is 59.1 Å². The van der Waals surface area contributed by atoms with Gasteiger partial charge in [0.2, 0.25) is 5.91 Å². The largest absolute Gasteiger partial charge is 0.493 e. The highest BCUT2D eigenvalue weighted by Gasteiger charge is 2.12. The van der Waals surface area contributed by atoms with Crippen LogP contribution in [0.5, 0.6) is 11.5 Å². The maximum atomic E-state index is 12.4. The zero-order valence-corrected chi connectivity index (χ0v) is 18.5. The first-order chi connectivity index (χ1) is 14.9. The molecule has 1 unspecified atom stereocenters. The Bertz CT molecular complexity index is 1050. The fraction of sp³-hybridized carbons (Fsp3) is 0.348. The number of aryl methyl sites for hydroxylation is 2. The standard InChI is InChI=1S/C23H28N4O4/c1-6-15(2)27-22(11-12-24-27)25-23(28)10-8-18-7-9-20(21(13-18)29-5)30-14-19-16(3)26-31-17(19)4/h7-13,15H,6,14H2,1-5H3,(H,25,28)/b10-8+. The third kappa shape index (κ3) is 5.33. The topological polar surface area (TPSA) is 91.4 Å². The molecule has 0 fully saturated rings. The van der Waals surface area contributed by atoms with Crippen molar-refractivity contribution in [1.82, 2.24) is 14.9 Å². The summed E-state index contributed by atoms with van der Waals surface area (Å²) >= 11 is 0. The molecule has 0 bridgehead atoms. The number of ether oxygens (including phenoxy) is 2. The molecule has 0 aliphatic carbocycles. The molecule has 2 heterocycles. The second kappa shape index (κ2) is 9.97. The Kier molecular flexibility index (Phi) is 7.12. The molecular formula is C23H28N4O4. The molecule has 3 rings (SSSR count). The number of aromatic nitrogens is 3. The van der Waals surface area contributed by atoms with Crippen LogP contribution in [0.25, 0.3) is 6.08 Å². The quantitative estimate of drug-likeness (QED) is 0.501. The first-order valence-corrected chi connectivity index (χ1v) is 10.2. The maximum Gasteiger partial charge on any atom is 0.249 e. The molecule has 164 valence electrons. The molecule has 8 nitrogen and oxygen atoms in total. The number of rotatable bonds is 9. The van der Waals surface area contributed by atoms with Crippen molar-refractivity contribution >= 4 is 17.8 Å². The van der Waals surface area contributed by atoms with E-state index in [0.29, 0.717) is 23.9 Å². The zero-order valence-electron chi connectivity index (χ0n) is 18.5. The summed E-state index contributed by atoms with van der Waals surface area (Å²) in [6.45, 7) is 8.19. The van der Waals surface area contributed by atoms with Crippen molar-refractivity contribution < 1.29 is 18.8 Å². The van der Waals surface area contributed by atoms with Gasteiger partial charge in [-0.15, -0.1) is 0 Å². The Balaban J connectivity index is 1.66. The number of nitrogens with zero attached hydrogens (tertiary/aromatic N) is 3. The predicted octanol–water partition coefficient (Wildman–Crippen LogP) is 4.70. The second-order valence-corrected chi connectivity index (χ2v) is 7.24. The highest BCUT2D eigenvalue weighted by molar-refractivity contribution is 6.01. The Morgan fingerprint density at radius 1 is 1.29 bits per heavy atom. The van der Waals surface area contributed by atoms with Gasteiger partial charge in [-0.25, -0.2) is 4.68 Å². The van der Waals surface area contributed by atoms with Gasteiger partial charge in [-0.2, -0.15) is 5.10 Å². The summed E-state index contributed by atoms with van der Waals surface area (Å²) in [7, 11) is 1.58. The number of nitrogens with one attached hydrogen (secondary N) is 1. The summed E-state index contributed by atoms with van der Waals surface area (Å²) in [5.74, 6) is 2.34. The monoisotopic (exact) mass is 424 g/mol. The number of hydrogen-bond donors (Lipinski definition) is 1. The molecule has 3 aromatic rings. The fourth-order valence-corrected chi connectivity index (χ4v) is 3.04. The Labute approximate surface area is 181 Å². The molecular weight excluding hydrogens is 396 g/mol. The first-order valence-electron chi connectivity index (χ1n) is 10.2. The SMILES string of the molecule is CCC(C)n1nccc1NC(=O)/C=C/c1ccc(OCc2c(C)noc2C)c(OC)c1. The molecule has 2 aromatic heterocycles. The summed E-state index contributed by atoms with van der Waals surface area (Å²) in [5, 5.41) is 11.1. The van der Waals surface area contributed by atoms with Crippen LogP contribution in [0.3, 0.4) is 0 Å². The van der Waals surface area contributed by atoms with Gasteiger partial charge in [-0.1, -0.05) is 18.1 Å². The van der Waals surface area contributed by atoms with Gasteiger partial charge >= 0.3 is 0 Å². The molecule has 1 atom stereocenters. The third-order valence-electron chi connectivity index (χ3n) is 5.10. The predicted molar refractivity (Wildman–Crippen MR) is 118 cm³/mol. The minimum Gasteiger partial charge on any atom is -0.493 e. The van der Waals surface area contributed by atoms with Crippen molar-refractivity contribution in [1.29, 1.82) is 0 Å². The van der Waals surface area contributed by atoms with Gasteiger partial charge in [0.1, 0.15) is 18.2 Å². The van der Waals surface area contributed by atoms with E-state index in [9.17, 15) is 4.79 Å². The number of carbonyl (C=O) groups is 1. The van der Waals surface area contributed by atoms with E-state index >= 15 is 0 Å². The molecule has 0 radical (unpaired) electrons. The van der Waals surface area contributed by atoms with E-state index in [1.54, 1.807) is 30.1 Å². The summed E-state index contributed by atoms with van der Waals surface area (Å²) in [6.07, 6.45) is 5.80. The van der Waals surface area contributed by atoms with Crippen molar-refractivity contribution in [2.45, 2.75) is 46.8 Å². The number of carbonyl (C=O) groups excluding carboxylic acids is 1. The molecule has 1 amide bonds. The van der Waals surface area contributed by atoms with Gasteiger partial charge in [0.25, 0.3) is 0 Å². The van der Waals surface area contributed by atoms with E-state index in [1.807, 2.05) is 32.0 Å². The van der Waals surface area contributed by atoms with Gasteiger partial charge in [0.05, 0.1) is 30.6 Å². The molecule has 1 N–H and O–H groups in total. The Morgan fingerprint density at radius 3 is 2.77 bits per heavy atom. The van der Waals surface area contributed by atoms with Crippen molar-refractivity contribution in [2.24, 2.45) is 0 Å². The van der Waals surface area contributed by atoms with Crippen molar-refractivity contribution in [3.8, 4) is 11.5 Å². The highest BCUT2D eigenvalue weighted by Crippen LogP contribution is 2.30. The molecule has 8 heteroatoms. The normalized spacial score (nSPS) is 12.2. The molecule has 0 spiro atoms. The number of methoxy groups -OCH3 is 1. The van der Waals surface area contributed by atoms with Crippen LogP contribution in [0.1, 0.15) is 48.9 Å². The lowest BCUT2D eigenvalue weighted by Crippen LogP contribution is -2.15. The van der Waals surface area contributed by atoms with Gasteiger partial charge in [0.15, 0.2) is 11.5 Å². The van der Waals surface area contributed by atoms with Gasteiger partial charge in [-0.3, -0.25) is 4.79 Å². The van der Waals surface area contributed by atoms with E-state index in [4.69, 9.17) is 14.0 Å². The lowest BCUT2D eigenvalue weighted by molar-refractivity contribution is -0.111. The summed E-state index contributed by atoms with van der Waals surface area (Å²) in [5.41, 5.74) is 2.53. The number of anilines is 1. The summed E-state index contributed by atoms with van der Waals surface area (Å²) < 4.78 is 18.3. The highest BCUT2D eigenvalue weighted by atomic mass is 16.5. The van der Waals surface area contributed by atoms with E-state index in [2.05, 4.69) is 29.4 Å². The third-order valence-corrected chi connectivity index (χ3v) is 5.10. The molecule has 0 saturated heterocycles. The molecule has 1 aromatic carbocycles. The average Bonchev–Trinajstić information content (AvgIpc) is 3.36. The maximum absolute atomic E-state index is 12.4. The van der Waals surface area contributed by atoms with E-state index < -0.39 is 0 Å². The van der Waals surface area contributed by atoms with E-state index in [1.165, 1.54) is 6.08 Å². The number of amides is 1.